The third-order valence-electron chi connectivity index (χ3n) is 3.67. The van der Waals surface area contributed by atoms with Gasteiger partial charge >= 0.3 is 0 Å². The fraction of sp³-hybridized carbons (Fsp3) is 0.105. The molecule has 1 atom stereocenters. The Hall–Kier alpha value is -2.59. The lowest BCUT2D eigenvalue weighted by molar-refractivity contribution is 0.854. The summed E-state index contributed by atoms with van der Waals surface area (Å²) < 4.78 is 0. The zero-order valence-electron chi connectivity index (χ0n) is 11.2. The summed E-state index contributed by atoms with van der Waals surface area (Å²) in [5.41, 5.74) is 4.38. The topological polar surface area (TPSA) is 23.8 Å². The summed E-state index contributed by atoms with van der Waals surface area (Å²) in [5, 5.41) is 8.82. The molecule has 0 heterocycles. The van der Waals surface area contributed by atoms with Crippen LogP contribution in [0.5, 0.6) is 0 Å². The standard InChI is InChI=1S/C19H15N/c20-14-15-6-8-17(9-7-15)19-12-10-18(11-13-19)16-4-2-1-3-5-16/h1-4,6-13,16H,5H2. The molecule has 0 saturated carbocycles. The van der Waals surface area contributed by atoms with Crippen LogP contribution in [0, 0.1) is 11.3 Å². The van der Waals surface area contributed by atoms with Crippen LogP contribution >= 0.6 is 0 Å². The summed E-state index contributed by atoms with van der Waals surface area (Å²) in [6, 6.07) is 18.6. The van der Waals surface area contributed by atoms with Crippen LogP contribution in [0.3, 0.4) is 0 Å². The molecule has 20 heavy (non-hydrogen) atoms. The van der Waals surface area contributed by atoms with Crippen molar-refractivity contribution in [1.82, 2.24) is 0 Å². The van der Waals surface area contributed by atoms with Crippen LogP contribution in [0.1, 0.15) is 23.5 Å². The molecule has 96 valence electrons. The maximum Gasteiger partial charge on any atom is 0.0991 e. The Morgan fingerprint density at radius 2 is 1.50 bits per heavy atom. The van der Waals surface area contributed by atoms with E-state index in [1.54, 1.807) is 0 Å². The highest BCUT2D eigenvalue weighted by molar-refractivity contribution is 5.64. The second-order valence-corrected chi connectivity index (χ2v) is 4.97. The van der Waals surface area contributed by atoms with Gasteiger partial charge < -0.3 is 0 Å². The number of hydrogen-bond donors (Lipinski definition) is 0. The van der Waals surface area contributed by atoms with Gasteiger partial charge in [0.05, 0.1) is 11.6 Å². The number of rotatable bonds is 2. The van der Waals surface area contributed by atoms with Crippen LogP contribution in [0.2, 0.25) is 0 Å². The number of allylic oxidation sites excluding steroid dienone is 4. The summed E-state index contributed by atoms with van der Waals surface area (Å²) in [5.74, 6) is 0.495. The van der Waals surface area contributed by atoms with E-state index in [9.17, 15) is 0 Å². The van der Waals surface area contributed by atoms with Crippen LogP contribution in [0.25, 0.3) is 11.1 Å². The second kappa shape index (κ2) is 5.59. The van der Waals surface area contributed by atoms with E-state index in [0.717, 1.165) is 12.0 Å². The van der Waals surface area contributed by atoms with E-state index in [1.807, 2.05) is 24.3 Å². The van der Waals surface area contributed by atoms with E-state index in [4.69, 9.17) is 5.26 Å². The lowest BCUT2D eigenvalue weighted by Gasteiger charge is -2.14. The van der Waals surface area contributed by atoms with Gasteiger partial charge in [0.2, 0.25) is 0 Å². The van der Waals surface area contributed by atoms with Crippen molar-refractivity contribution in [3.8, 4) is 17.2 Å². The van der Waals surface area contributed by atoms with E-state index in [0.29, 0.717) is 11.5 Å². The smallest absolute Gasteiger partial charge is 0.0991 e. The van der Waals surface area contributed by atoms with Crippen LogP contribution in [-0.4, -0.2) is 0 Å². The molecule has 0 aromatic heterocycles. The first kappa shape index (κ1) is 12.4. The lowest BCUT2D eigenvalue weighted by atomic mass is 9.91. The Morgan fingerprint density at radius 1 is 0.850 bits per heavy atom. The maximum absolute atomic E-state index is 8.82. The molecule has 1 aliphatic carbocycles. The number of nitriles is 1. The Bertz CT molecular complexity index is 682. The summed E-state index contributed by atoms with van der Waals surface area (Å²) >= 11 is 0. The predicted octanol–water partition coefficient (Wildman–Crippen LogP) is 4.82. The zero-order valence-corrected chi connectivity index (χ0v) is 11.2. The molecule has 0 radical (unpaired) electrons. The monoisotopic (exact) mass is 257 g/mol. The van der Waals surface area contributed by atoms with Crippen molar-refractivity contribution in [3.05, 3.63) is 84.0 Å². The summed E-state index contributed by atoms with van der Waals surface area (Å²) in [7, 11) is 0. The average Bonchev–Trinajstić information content (AvgIpc) is 2.56. The Balaban J connectivity index is 1.83. The number of hydrogen-bond acceptors (Lipinski definition) is 1. The Morgan fingerprint density at radius 3 is 2.05 bits per heavy atom. The van der Waals surface area contributed by atoms with Crippen molar-refractivity contribution in [2.45, 2.75) is 12.3 Å². The first-order valence-corrected chi connectivity index (χ1v) is 6.80. The molecule has 3 rings (SSSR count). The minimum atomic E-state index is 0.495. The third kappa shape index (κ3) is 2.55. The molecular formula is C19H15N. The molecular weight excluding hydrogens is 242 g/mol. The lowest BCUT2D eigenvalue weighted by Crippen LogP contribution is -1.95. The molecule has 1 nitrogen and oxygen atoms in total. The minimum Gasteiger partial charge on any atom is -0.192 e. The molecule has 0 N–H and O–H groups in total. The van der Waals surface area contributed by atoms with Crippen molar-refractivity contribution in [1.29, 1.82) is 5.26 Å². The first-order chi connectivity index (χ1) is 9.86. The van der Waals surface area contributed by atoms with Crippen LogP contribution in [0.15, 0.2) is 72.8 Å². The van der Waals surface area contributed by atoms with Crippen molar-refractivity contribution in [2.75, 3.05) is 0 Å². The van der Waals surface area contributed by atoms with Crippen LogP contribution < -0.4 is 0 Å². The van der Waals surface area contributed by atoms with Gasteiger partial charge in [-0.2, -0.15) is 5.26 Å². The van der Waals surface area contributed by atoms with Crippen molar-refractivity contribution < 1.29 is 0 Å². The molecule has 2 aromatic rings. The highest BCUT2D eigenvalue weighted by atomic mass is 14.2. The molecule has 1 aliphatic rings. The number of nitrogens with zero attached hydrogens (tertiary/aromatic N) is 1. The summed E-state index contributed by atoms with van der Waals surface area (Å²) in [4.78, 5) is 0. The normalized spacial score (nSPS) is 16.9. The molecule has 1 unspecified atom stereocenters. The van der Waals surface area contributed by atoms with Gasteiger partial charge in [-0.25, -0.2) is 0 Å². The fourth-order valence-electron chi connectivity index (χ4n) is 2.49. The fourth-order valence-corrected chi connectivity index (χ4v) is 2.49. The summed E-state index contributed by atoms with van der Waals surface area (Å²) in [6.07, 6.45) is 9.74. The van der Waals surface area contributed by atoms with Crippen LogP contribution in [0.4, 0.5) is 0 Å². The molecule has 0 aliphatic heterocycles. The maximum atomic E-state index is 8.82. The van der Waals surface area contributed by atoms with Gasteiger partial charge in [0.1, 0.15) is 0 Å². The van der Waals surface area contributed by atoms with E-state index in [2.05, 4.69) is 54.6 Å². The Labute approximate surface area is 119 Å². The SMILES string of the molecule is N#Cc1ccc(-c2ccc(C3C=CC=CC3)cc2)cc1. The van der Waals surface area contributed by atoms with E-state index in [-0.39, 0.29) is 0 Å². The average molecular weight is 257 g/mol. The highest BCUT2D eigenvalue weighted by Crippen LogP contribution is 2.27. The predicted molar refractivity (Wildman–Crippen MR) is 82.2 cm³/mol. The van der Waals surface area contributed by atoms with E-state index >= 15 is 0 Å². The van der Waals surface area contributed by atoms with Gasteiger partial charge in [-0.05, 0) is 35.2 Å². The van der Waals surface area contributed by atoms with Gasteiger partial charge in [0.25, 0.3) is 0 Å². The summed E-state index contributed by atoms with van der Waals surface area (Å²) in [6.45, 7) is 0. The molecule has 0 amide bonds. The second-order valence-electron chi connectivity index (χ2n) is 4.97. The zero-order chi connectivity index (χ0) is 13.8. The van der Waals surface area contributed by atoms with Gasteiger partial charge in [-0.3, -0.25) is 0 Å². The van der Waals surface area contributed by atoms with Gasteiger partial charge in [-0.15, -0.1) is 0 Å². The van der Waals surface area contributed by atoms with Gasteiger partial charge in [-0.1, -0.05) is 60.7 Å². The van der Waals surface area contributed by atoms with Crippen molar-refractivity contribution >= 4 is 0 Å². The molecule has 0 fully saturated rings. The van der Waals surface area contributed by atoms with Gasteiger partial charge in [0.15, 0.2) is 0 Å². The Kier molecular flexibility index (Phi) is 3.48. The van der Waals surface area contributed by atoms with Crippen molar-refractivity contribution in [2.24, 2.45) is 0 Å². The quantitative estimate of drug-likeness (QED) is 0.756. The van der Waals surface area contributed by atoms with E-state index < -0.39 is 0 Å². The molecule has 0 bridgehead atoms. The molecule has 0 spiro atoms. The van der Waals surface area contributed by atoms with Crippen LogP contribution in [-0.2, 0) is 0 Å². The molecule has 2 aromatic carbocycles. The highest BCUT2D eigenvalue weighted by Gasteiger charge is 2.08. The largest absolute Gasteiger partial charge is 0.192 e. The first-order valence-electron chi connectivity index (χ1n) is 6.80. The third-order valence-corrected chi connectivity index (χ3v) is 3.67. The van der Waals surface area contributed by atoms with E-state index in [1.165, 1.54) is 11.1 Å². The minimum absolute atomic E-state index is 0.495. The molecule has 0 saturated heterocycles. The van der Waals surface area contributed by atoms with Crippen molar-refractivity contribution in [3.63, 3.8) is 0 Å². The van der Waals surface area contributed by atoms with Gasteiger partial charge in [0, 0.05) is 5.92 Å². The number of benzene rings is 2. The molecule has 1 heteroatoms.